The zero-order chi connectivity index (χ0) is 17.1. The number of amides is 1. The second-order valence-corrected chi connectivity index (χ2v) is 6.35. The molecule has 0 saturated heterocycles. The van der Waals surface area contributed by atoms with Crippen molar-refractivity contribution >= 4 is 17.5 Å². The first kappa shape index (κ1) is 16.4. The van der Waals surface area contributed by atoms with Crippen molar-refractivity contribution < 1.29 is 9.53 Å². The van der Waals surface area contributed by atoms with Crippen molar-refractivity contribution in [2.75, 3.05) is 17.7 Å². The van der Waals surface area contributed by atoms with Crippen LogP contribution in [-0.4, -0.2) is 19.2 Å². The number of carbonyl (C=O) groups excluding carboxylic acids is 1. The Balaban J connectivity index is 1.86. The number of anilines is 2. The summed E-state index contributed by atoms with van der Waals surface area (Å²) < 4.78 is 4.94. The van der Waals surface area contributed by atoms with E-state index in [1.165, 1.54) is 12.7 Å². The number of ether oxygens (including phenoxy) is 1. The summed E-state index contributed by atoms with van der Waals surface area (Å²) in [5.74, 6) is 0. The molecule has 1 heterocycles. The van der Waals surface area contributed by atoms with E-state index < -0.39 is 0 Å². The van der Waals surface area contributed by atoms with Crippen molar-refractivity contribution in [2.45, 2.75) is 38.6 Å². The van der Waals surface area contributed by atoms with E-state index in [1.807, 2.05) is 25.1 Å². The lowest BCUT2D eigenvalue weighted by molar-refractivity contribution is 0.175. The Hall–Kier alpha value is -2.49. The SMILES string of the molecule is COC(=O)N1c2ccc(CCc3ccccc3)c(N)c2CC[C@@H]1C. The maximum atomic E-state index is 12.1. The molecule has 2 aromatic rings. The standard InChI is InChI=1S/C20H24N2O2/c1-14-8-12-17-18(22(14)20(23)24-2)13-11-16(19(17)21)10-9-15-6-4-3-5-7-15/h3-7,11,13-14H,8-10,12,21H2,1-2H3/t14-/m0/s1. The molecule has 126 valence electrons. The molecular weight excluding hydrogens is 300 g/mol. The van der Waals surface area contributed by atoms with Gasteiger partial charge in [0.05, 0.1) is 12.8 Å². The molecule has 1 amide bonds. The molecule has 0 spiro atoms. The van der Waals surface area contributed by atoms with Crippen LogP contribution in [0.4, 0.5) is 16.2 Å². The van der Waals surface area contributed by atoms with E-state index in [1.54, 1.807) is 4.90 Å². The first-order chi connectivity index (χ1) is 11.6. The highest BCUT2D eigenvalue weighted by Crippen LogP contribution is 2.36. The molecule has 2 aromatic carbocycles. The molecular formula is C20H24N2O2. The summed E-state index contributed by atoms with van der Waals surface area (Å²) in [5.41, 5.74) is 11.7. The van der Waals surface area contributed by atoms with Gasteiger partial charge < -0.3 is 10.5 Å². The lowest BCUT2D eigenvalue weighted by atomic mass is 9.91. The zero-order valence-electron chi connectivity index (χ0n) is 14.3. The Morgan fingerprint density at radius 2 is 1.96 bits per heavy atom. The molecule has 2 N–H and O–H groups in total. The minimum absolute atomic E-state index is 0.125. The highest BCUT2D eigenvalue weighted by molar-refractivity contribution is 5.91. The largest absolute Gasteiger partial charge is 0.452 e. The first-order valence-electron chi connectivity index (χ1n) is 8.43. The summed E-state index contributed by atoms with van der Waals surface area (Å²) >= 11 is 0. The molecule has 24 heavy (non-hydrogen) atoms. The molecule has 0 saturated carbocycles. The van der Waals surface area contributed by atoms with E-state index in [9.17, 15) is 4.79 Å². The fourth-order valence-corrected chi connectivity index (χ4v) is 3.43. The maximum absolute atomic E-state index is 12.1. The Morgan fingerprint density at radius 3 is 2.67 bits per heavy atom. The first-order valence-corrected chi connectivity index (χ1v) is 8.43. The molecule has 0 bridgehead atoms. The third-order valence-corrected chi connectivity index (χ3v) is 4.83. The molecule has 0 aromatic heterocycles. The highest BCUT2D eigenvalue weighted by Gasteiger charge is 2.30. The predicted molar refractivity (Wildman–Crippen MR) is 97.4 cm³/mol. The number of benzene rings is 2. The summed E-state index contributed by atoms with van der Waals surface area (Å²) in [6.07, 6.45) is 3.33. The van der Waals surface area contributed by atoms with Crippen molar-refractivity contribution in [3.63, 3.8) is 0 Å². The van der Waals surface area contributed by atoms with Gasteiger partial charge in [-0.05, 0) is 55.4 Å². The van der Waals surface area contributed by atoms with Gasteiger partial charge in [-0.2, -0.15) is 0 Å². The van der Waals surface area contributed by atoms with Crippen LogP contribution >= 0.6 is 0 Å². The van der Waals surface area contributed by atoms with Gasteiger partial charge in [-0.25, -0.2) is 4.79 Å². The van der Waals surface area contributed by atoms with Gasteiger partial charge in [0.2, 0.25) is 0 Å². The van der Waals surface area contributed by atoms with Gasteiger partial charge in [-0.15, -0.1) is 0 Å². The van der Waals surface area contributed by atoms with Crippen LogP contribution in [0.3, 0.4) is 0 Å². The monoisotopic (exact) mass is 324 g/mol. The average molecular weight is 324 g/mol. The van der Waals surface area contributed by atoms with Crippen molar-refractivity contribution in [1.82, 2.24) is 0 Å². The van der Waals surface area contributed by atoms with Crippen LogP contribution in [0.15, 0.2) is 42.5 Å². The van der Waals surface area contributed by atoms with Crippen LogP contribution in [0.25, 0.3) is 0 Å². The van der Waals surface area contributed by atoms with E-state index in [0.29, 0.717) is 0 Å². The fourth-order valence-electron chi connectivity index (χ4n) is 3.43. The smallest absolute Gasteiger partial charge is 0.414 e. The summed E-state index contributed by atoms with van der Waals surface area (Å²) in [6, 6.07) is 14.6. The molecule has 1 atom stereocenters. The molecule has 0 aliphatic carbocycles. The number of methoxy groups -OCH3 is 1. The molecule has 4 nitrogen and oxygen atoms in total. The van der Waals surface area contributed by atoms with Gasteiger partial charge in [0, 0.05) is 11.7 Å². The van der Waals surface area contributed by atoms with Crippen molar-refractivity contribution in [3.8, 4) is 0 Å². The van der Waals surface area contributed by atoms with Gasteiger partial charge in [0.15, 0.2) is 0 Å². The zero-order valence-corrected chi connectivity index (χ0v) is 14.3. The highest BCUT2D eigenvalue weighted by atomic mass is 16.5. The van der Waals surface area contributed by atoms with Crippen molar-refractivity contribution in [1.29, 1.82) is 0 Å². The van der Waals surface area contributed by atoms with Gasteiger partial charge in [-0.1, -0.05) is 36.4 Å². The van der Waals surface area contributed by atoms with Gasteiger partial charge in [-0.3, -0.25) is 4.90 Å². The predicted octanol–water partition coefficient (Wildman–Crippen LogP) is 3.96. The normalized spacial score (nSPS) is 16.6. The summed E-state index contributed by atoms with van der Waals surface area (Å²) in [5, 5.41) is 0. The third-order valence-electron chi connectivity index (χ3n) is 4.83. The van der Waals surface area contributed by atoms with Crippen LogP contribution in [0.2, 0.25) is 0 Å². The molecule has 1 aliphatic rings. The quantitative estimate of drug-likeness (QED) is 0.869. The van der Waals surface area contributed by atoms with Crippen LogP contribution in [0, 0.1) is 0 Å². The number of hydrogen-bond donors (Lipinski definition) is 1. The van der Waals surface area contributed by atoms with Gasteiger partial charge >= 0.3 is 6.09 Å². The molecule has 0 unspecified atom stereocenters. The van der Waals surface area contributed by atoms with Crippen molar-refractivity contribution in [2.24, 2.45) is 0 Å². The molecule has 1 aliphatic heterocycles. The Labute approximate surface area is 143 Å². The van der Waals surface area contributed by atoms with Gasteiger partial charge in [0.1, 0.15) is 0 Å². The van der Waals surface area contributed by atoms with Crippen LogP contribution in [0.5, 0.6) is 0 Å². The topological polar surface area (TPSA) is 55.6 Å². The maximum Gasteiger partial charge on any atom is 0.414 e. The van der Waals surface area contributed by atoms with E-state index in [4.69, 9.17) is 10.5 Å². The summed E-state index contributed by atoms with van der Waals surface area (Å²) in [4.78, 5) is 13.8. The molecule has 0 radical (unpaired) electrons. The minimum Gasteiger partial charge on any atom is -0.452 e. The number of fused-ring (bicyclic) bond motifs is 1. The number of rotatable bonds is 3. The lowest BCUT2D eigenvalue weighted by Crippen LogP contribution is -2.42. The van der Waals surface area contributed by atoms with Crippen LogP contribution in [0.1, 0.15) is 30.0 Å². The summed E-state index contributed by atoms with van der Waals surface area (Å²) in [7, 11) is 1.42. The third kappa shape index (κ3) is 3.09. The van der Waals surface area contributed by atoms with Crippen LogP contribution in [-0.2, 0) is 24.0 Å². The Kier molecular flexibility index (Phi) is 4.74. The number of nitrogens with zero attached hydrogens (tertiary/aromatic N) is 1. The number of aryl methyl sites for hydroxylation is 2. The fraction of sp³-hybridized carbons (Fsp3) is 0.350. The lowest BCUT2D eigenvalue weighted by Gasteiger charge is -2.35. The van der Waals surface area contributed by atoms with E-state index >= 15 is 0 Å². The summed E-state index contributed by atoms with van der Waals surface area (Å²) in [6.45, 7) is 2.04. The van der Waals surface area contributed by atoms with E-state index in [2.05, 4.69) is 24.3 Å². The van der Waals surface area contributed by atoms with Gasteiger partial charge in [0.25, 0.3) is 0 Å². The molecule has 3 rings (SSSR count). The van der Waals surface area contributed by atoms with Crippen molar-refractivity contribution in [3.05, 3.63) is 59.2 Å². The second kappa shape index (κ2) is 6.95. The number of hydrogen-bond acceptors (Lipinski definition) is 3. The van der Waals surface area contributed by atoms with E-state index in [0.717, 1.165) is 48.2 Å². The molecule has 4 heteroatoms. The number of nitrogen functional groups attached to an aromatic ring is 1. The second-order valence-electron chi connectivity index (χ2n) is 6.35. The Morgan fingerprint density at radius 1 is 1.21 bits per heavy atom. The Bertz CT molecular complexity index is 728. The molecule has 0 fully saturated rings. The minimum atomic E-state index is -0.320. The average Bonchev–Trinajstić information content (AvgIpc) is 2.61. The number of carbonyl (C=O) groups is 1. The van der Waals surface area contributed by atoms with E-state index in [-0.39, 0.29) is 12.1 Å². The number of nitrogens with two attached hydrogens (primary N) is 1. The van der Waals surface area contributed by atoms with Crippen LogP contribution < -0.4 is 10.6 Å².